The first-order valence-corrected chi connectivity index (χ1v) is 11.1. The number of amides is 2. The van der Waals surface area contributed by atoms with E-state index >= 15 is 0 Å². The van der Waals surface area contributed by atoms with E-state index in [-0.39, 0.29) is 24.8 Å². The third-order valence-electron chi connectivity index (χ3n) is 6.81. The SMILES string of the molecule is Cc1ccc(C)c(C2NC(CC(C)C)(C(=O)O)C3C(=O)N(Cc4ccccc4)C(=O)C23)c1. The van der Waals surface area contributed by atoms with Gasteiger partial charge >= 0.3 is 5.97 Å². The zero-order valence-corrected chi connectivity index (χ0v) is 19.0. The monoisotopic (exact) mass is 434 g/mol. The van der Waals surface area contributed by atoms with Gasteiger partial charge in [-0.3, -0.25) is 24.6 Å². The van der Waals surface area contributed by atoms with Crippen molar-refractivity contribution in [3.63, 3.8) is 0 Å². The predicted molar refractivity (Wildman–Crippen MR) is 121 cm³/mol. The highest BCUT2D eigenvalue weighted by molar-refractivity contribution is 6.09. The summed E-state index contributed by atoms with van der Waals surface area (Å²) < 4.78 is 0. The van der Waals surface area contributed by atoms with Crippen molar-refractivity contribution in [2.24, 2.45) is 17.8 Å². The molecule has 2 saturated heterocycles. The van der Waals surface area contributed by atoms with E-state index in [0.29, 0.717) is 0 Å². The van der Waals surface area contributed by atoms with Crippen LogP contribution >= 0.6 is 0 Å². The molecule has 2 aromatic carbocycles. The molecule has 2 aliphatic heterocycles. The van der Waals surface area contributed by atoms with Crippen LogP contribution in [0, 0.1) is 31.6 Å². The van der Waals surface area contributed by atoms with E-state index in [1.807, 2.05) is 76.2 Å². The van der Waals surface area contributed by atoms with Gasteiger partial charge in [-0.25, -0.2) is 0 Å². The van der Waals surface area contributed by atoms with Crippen molar-refractivity contribution in [2.45, 2.75) is 52.2 Å². The van der Waals surface area contributed by atoms with Gasteiger partial charge in [-0.2, -0.15) is 0 Å². The molecule has 2 fully saturated rings. The summed E-state index contributed by atoms with van der Waals surface area (Å²) in [7, 11) is 0. The second kappa shape index (κ2) is 8.17. The molecule has 6 heteroatoms. The number of nitrogens with one attached hydrogen (secondary N) is 1. The normalized spacial score (nSPS) is 27.3. The first-order valence-electron chi connectivity index (χ1n) is 11.1. The molecule has 0 saturated carbocycles. The number of carboxylic acid groups (broad SMARTS) is 1. The number of aryl methyl sites for hydroxylation is 2. The molecule has 2 N–H and O–H groups in total. The van der Waals surface area contributed by atoms with Crippen molar-refractivity contribution in [3.05, 3.63) is 70.8 Å². The lowest BCUT2D eigenvalue weighted by Gasteiger charge is -2.32. The quantitative estimate of drug-likeness (QED) is 0.678. The van der Waals surface area contributed by atoms with E-state index in [1.54, 1.807) is 0 Å². The number of carbonyl (C=O) groups is 3. The molecule has 4 rings (SSSR count). The summed E-state index contributed by atoms with van der Waals surface area (Å²) in [6.45, 7) is 7.96. The zero-order chi connectivity index (χ0) is 23.2. The molecule has 0 aliphatic carbocycles. The van der Waals surface area contributed by atoms with Gasteiger partial charge < -0.3 is 5.11 Å². The minimum Gasteiger partial charge on any atom is -0.480 e. The smallest absolute Gasteiger partial charge is 0.324 e. The Morgan fingerprint density at radius 2 is 1.78 bits per heavy atom. The molecule has 2 aliphatic rings. The first kappa shape index (κ1) is 22.2. The standard InChI is InChI=1S/C26H30N2O4/c1-15(2)13-26(25(31)32)21-20(22(27-26)19-12-16(3)10-11-17(19)4)23(29)28(24(21)30)14-18-8-6-5-7-9-18/h5-12,15,20-22,27H,13-14H2,1-4H3,(H,31,32). The Morgan fingerprint density at radius 1 is 1.09 bits per heavy atom. The van der Waals surface area contributed by atoms with Crippen LogP contribution in [-0.2, 0) is 20.9 Å². The molecule has 0 bridgehead atoms. The Hall–Kier alpha value is -2.99. The van der Waals surface area contributed by atoms with Crippen molar-refractivity contribution in [1.29, 1.82) is 0 Å². The van der Waals surface area contributed by atoms with Gasteiger partial charge in [0.05, 0.1) is 18.4 Å². The van der Waals surface area contributed by atoms with E-state index in [2.05, 4.69) is 5.32 Å². The Kier molecular flexibility index (Phi) is 5.67. The molecule has 0 radical (unpaired) electrons. The van der Waals surface area contributed by atoms with Gasteiger partial charge in [0.2, 0.25) is 11.8 Å². The van der Waals surface area contributed by atoms with Crippen molar-refractivity contribution >= 4 is 17.8 Å². The van der Waals surface area contributed by atoms with Crippen LogP contribution in [0.1, 0.15) is 48.6 Å². The average Bonchev–Trinajstić information content (AvgIpc) is 3.20. The Balaban J connectivity index is 1.83. The second-order valence-electron chi connectivity index (χ2n) is 9.61. The van der Waals surface area contributed by atoms with E-state index in [4.69, 9.17) is 0 Å². The maximum absolute atomic E-state index is 13.7. The van der Waals surface area contributed by atoms with E-state index in [0.717, 1.165) is 22.3 Å². The van der Waals surface area contributed by atoms with E-state index in [1.165, 1.54) is 4.90 Å². The zero-order valence-electron chi connectivity index (χ0n) is 19.0. The Morgan fingerprint density at radius 3 is 2.41 bits per heavy atom. The fourth-order valence-corrected chi connectivity index (χ4v) is 5.46. The highest BCUT2D eigenvalue weighted by atomic mass is 16.4. The van der Waals surface area contributed by atoms with Crippen LogP contribution in [0.3, 0.4) is 0 Å². The fourth-order valence-electron chi connectivity index (χ4n) is 5.46. The maximum atomic E-state index is 13.7. The number of hydrogen-bond acceptors (Lipinski definition) is 4. The number of nitrogens with zero attached hydrogens (tertiary/aromatic N) is 1. The number of carbonyl (C=O) groups excluding carboxylic acids is 2. The average molecular weight is 435 g/mol. The molecule has 2 aromatic rings. The van der Waals surface area contributed by atoms with Crippen LogP contribution in [0.25, 0.3) is 0 Å². The number of rotatable bonds is 6. The second-order valence-corrected chi connectivity index (χ2v) is 9.61. The number of hydrogen-bond donors (Lipinski definition) is 2. The molecule has 2 heterocycles. The van der Waals surface area contributed by atoms with Crippen LogP contribution < -0.4 is 5.32 Å². The predicted octanol–water partition coefficient (Wildman–Crippen LogP) is 3.62. The maximum Gasteiger partial charge on any atom is 0.324 e. The van der Waals surface area contributed by atoms with Gasteiger partial charge in [-0.1, -0.05) is 67.9 Å². The minimum absolute atomic E-state index is 0.0303. The van der Waals surface area contributed by atoms with Crippen molar-refractivity contribution in [2.75, 3.05) is 0 Å². The lowest BCUT2D eigenvalue weighted by atomic mass is 9.75. The molecule has 168 valence electrons. The van der Waals surface area contributed by atoms with E-state index < -0.39 is 35.3 Å². The molecule has 0 aromatic heterocycles. The molecule has 4 atom stereocenters. The summed E-state index contributed by atoms with van der Waals surface area (Å²) in [5, 5.41) is 13.7. The molecular formula is C26H30N2O4. The van der Waals surface area contributed by atoms with Gasteiger partial charge in [0.15, 0.2) is 0 Å². The molecule has 2 amide bonds. The highest BCUT2D eigenvalue weighted by Crippen LogP contribution is 2.51. The third-order valence-corrected chi connectivity index (χ3v) is 6.81. The lowest BCUT2D eigenvalue weighted by molar-refractivity contribution is -0.152. The molecule has 4 unspecified atom stereocenters. The van der Waals surface area contributed by atoms with Gasteiger partial charge in [0, 0.05) is 6.04 Å². The topological polar surface area (TPSA) is 86.7 Å². The molecular weight excluding hydrogens is 404 g/mol. The van der Waals surface area contributed by atoms with Crippen molar-refractivity contribution < 1.29 is 19.5 Å². The van der Waals surface area contributed by atoms with Crippen LogP contribution in [-0.4, -0.2) is 33.3 Å². The number of benzene rings is 2. The van der Waals surface area contributed by atoms with Crippen LogP contribution in [0.5, 0.6) is 0 Å². The molecule has 0 spiro atoms. The van der Waals surface area contributed by atoms with Gasteiger partial charge in [0.25, 0.3) is 0 Å². The number of likely N-dealkylation sites (tertiary alicyclic amines) is 1. The van der Waals surface area contributed by atoms with Gasteiger partial charge in [-0.15, -0.1) is 0 Å². The number of imide groups is 1. The van der Waals surface area contributed by atoms with Crippen molar-refractivity contribution in [1.82, 2.24) is 10.2 Å². The summed E-state index contributed by atoms with van der Waals surface area (Å²) in [6.07, 6.45) is 0.267. The minimum atomic E-state index is -1.49. The van der Waals surface area contributed by atoms with Crippen LogP contribution in [0.2, 0.25) is 0 Å². The number of aliphatic carboxylic acids is 1. The van der Waals surface area contributed by atoms with Gasteiger partial charge in [0.1, 0.15) is 5.54 Å². The summed E-state index contributed by atoms with van der Waals surface area (Å²) in [5.41, 5.74) is 2.24. The largest absolute Gasteiger partial charge is 0.480 e. The fraction of sp³-hybridized carbons (Fsp3) is 0.423. The summed E-state index contributed by atoms with van der Waals surface area (Å²) in [4.78, 5) is 41.3. The summed E-state index contributed by atoms with van der Waals surface area (Å²) >= 11 is 0. The summed E-state index contributed by atoms with van der Waals surface area (Å²) in [6, 6.07) is 14.8. The lowest BCUT2D eigenvalue weighted by Crippen LogP contribution is -2.56. The van der Waals surface area contributed by atoms with Crippen molar-refractivity contribution in [3.8, 4) is 0 Å². The highest BCUT2D eigenvalue weighted by Gasteiger charge is 2.68. The Labute approximate surface area is 188 Å². The van der Waals surface area contributed by atoms with Crippen LogP contribution in [0.15, 0.2) is 48.5 Å². The number of fused-ring (bicyclic) bond motifs is 1. The summed E-state index contributed by atoms with van der Waals surface area (Å²) in [5.74, 6) is -3.43. The number of carboxylic acids is 1. The first-order chi connectivity index (χ1) is 15.2. The molecule has 6 nitrogen and oxygen atoms in total. The van der Waals surface area contributed by atoms with Gasteiger partial charge in [-0.05, 0) is 42.9 Å². The Bertz CT molecular complexity index is 1060. The molecule has 32 heavy (non-hydrogen) atoms. The van der Waals surface area contributed by atoms with E-state index in [9.17, 15) is 19.5 Å². The van der Waals surface area contributed by atoms with Crippen LogP contribution in [0.4, 0.5) is 0 Å². The third kappa shape index (κ3) is 3.52.